The number of anilines is 1. The van der Waals surface area contributed by atoms with Crippen LogP contribution in [0.5, 0.6) is 5.75 Å². The smallest absolute Gasteiger partial charge is 0.142 e. The van der Waals surface area contributed by atoms with E-state index < -0.39 is 0 Å². The summed E-state index contributed by atoms with van der Waals surface area (Å²) in [5.41, 5.74) is 3.34. The second-order valence-corrected chi connectivity index (χ2v) is 6.18. The average molecular weight is 363 g/mol. The van der Waals surface area contributed by atoms with Gasteiger partial charge in [-0.1, -0.05) is 26.0 Å². The van der Waals surface area contributed by atoms with Gasteiger partial charge < -0.3 is 24.5 Å². The molecule has 26 heavy (non-hydrogen) atoms. The predicted molar refractivity (Wildman–Crippen MR) is 108 cm³/mol. The van der Waals surface area contributed by atoms with Gasteiger partial charge in [0.05, 0.1) is 18.8 Å². The maximum atomic E-state index is 10.7. The van der Waals surface area contributed by atoms with E-state index >= 15 is 0 Å². The van der Waals surface area contributed by atoms with Crippen molar-refractivity contribution >= 4 is 12.0 Å². The van der Waals surface area contributed by atoms with Crippen LogP contribution in [0.1, 0.15) is 39.2 Å². The average Bonchev–Trinajstić information content (AvgIpc) is 2.66. The Morgan fingerprint density at radius 1 is 1.35 bits per heavy atom. The van der Waals surface area contributed by atoms with Gasteiger partial charge in [-0.05, 0) is 37.5 Å². The molecular weight excluding hydrogens is 328 g/mol. The Hall–Kier alpha value is -2.01. The van der Waals surface area contributed by atoms with Crippen LogP contribution < -0.4 is 15.0 Å². The minimum absolute atomic E-state index is 0.450. The Kier molecular flexibility index (Phi) is 11.2. The number of nitrogens with one attached hydrogen (secondary N) is 1. The predicted octanol–water partition coefficient (Wildman–Crippen LogP) is 3.57. The van der Waals surface area contributed by atoms with Gasteiger partial charge in [0, 0.05) is 32.4 Å². The van der Waals surface area contributed by atoms with Crippen molar-refractivity contribution in [1.29, 1.82) is 0 Å². The molecule has 0 fully saturated rings. The summed E-state index contributed by atoms with van der Waals surface area (Å²) in [4.78, 5) is 13.0. The zero-order chi connectivity index (χ0) is 19.2. The first kappa shape index (κ1) is 22.0. The summed E-state index contributed by atoms with van der Waals surface area (Å²) in [6, 6.07) is 5.99. The van der Waals surface area contributed by atoms with Gasteiger partial charge in [0.25, 0.3) is 0 Å². The van der Waals surface area contributed by atoms with Crippen LogP contribution in [0.15, 0.2) is 30.0 Å². The number of nitrogens with zero attached hydrogens (tertiary/aromatic N) is 1. The van der Waals surface area contributed by atoms with E-state index in [1.165, 1.54) is 5.70 Å². The summed E-state index contributed by atoms with van der Waals surface area (Å²) in [6.45, 7) is 10.6. The fourth-order valence-corrected chi connectivity index (χ4v) is 2.65. The molecule has 0 aromatic heterocycles. The molecule has 0 saturated carbocycles. The summed E-state index contributed by atoms with van der Waals surface area (Å²) in [7, 11) is 1.71. The van der Waals surface area contributed by atoms with Crippen LogP contribution in [-0.2, 0) is 16.0 Å². The maximum absolute atomic E-state index is 10.7. The number of rotatable bonds is 9. The Morgan fingerprint density at radius 2 is 2.15 bits per heavy atom. The molecule has 0 aliphatic carbocycles. The highest BCUT2D eigenvalue weighted by atomic mass is 16.5. The van der Waals surface area contributed by atoms with Crippen molar-refractivity contribution in [2.75, 3.05) is 44.9 Å². The van der Waals surface area contributed by atoms with E-state index in [0.717, 1.165) is 62.4 Å². The van der Waals surface area contributed by atoms with Gasteiger partial charge in [-0.25, -0.2) is 0 Å². The molecule has 0 spiro atoms. The fraction of sp³-hybridized carbons (Fsp3) is 0.571. The summed E-state index contributed by atoms with van der Waals surface area (Å²) >= 11 is 0. The van der Waals surface area contributed by atoms with Crippen molar-refractivity contribution in [3.8, 4) is 5.75 Å². The van der Waals surface area contributed by atoms with Crippen molar-refractivity contribution in [3.05, 3.63) is 35.5 Å². The summed E-state index contributed by atoms with van der Waals surface area (Å²) in [5, 5.41) is 3.46. The van der Waals surface area contributed by atoms with Gasteiger partial charge in [0.1, 0.15) is 18.6 Å². The number of allylic oxidation sites excluding steroid dienone is 1. The lowest BCUT2D eigenvalue weighted by atomic mass is 10.1. The molecule has 1 aliphatic heterocycles. The van der Waals surface area contributed by atoms with Gasteiger partial charge >= 0.3 is 0 Å². The molecule has 0 bridgehead atoms. The highest BCUT2D eigenvalue weighted by molar-refractivity contribution is 5.65. The van der Waals surface area contributed by atoms with Gasteiger partial charge in [0.15, 0.2) is 0 Å². The second kappa shape index (κ2) is 13.2. The molecule has 1 heterocycles. The van der Waals surface area contributed by atoms with E-state index in [9.17, 15) is 4.79 Å². The molecule has 1 aliphatic rings. The van der Waals surface area contributed by atoms with E-state index in [2.05, 4.69) is 43.1 Å². The number of hydrogen-bond acceptors (Lipinski definition) is 5. The zero-order valence-electron chi connectivity index (χ0n) is 16.7. The number of fused-ring (bicyclic) bond motifs is 1. The van der Waals surface area contributed by atoms with Crippen molar-refractivity contribution in [1.82, 2.24) is 5.32 Å². The van der Waals surface area contributed by atoms with Crippen LogP contribution in [0.25, 0.3) is 0 Å². The molecule has 0 radical (unpaired) electrons. The first-order valence-corrected chi connectivity index (χ1v) is 9.52. The van der Waals surface area contributed by atoms with Crippen molar-refractivity contribution in [2.45, 2.75) is 40.0 Å². The molecule has 0 unspecified atom stereocenters. The summed E-state index contributed by atoms with van der Waals surface area (Å²) in [5.74, 6) is 0.904. The lowest BCUT2D eigenvalue weighted by Crippen LogP contribution is -2.37. The molecule has 5 nitrogen and oxygen atoms in total. The number of carbonyl (C=O) groups excluding carboxylic acids is 1. The molecule has 146 valence electrons. The molecule has 5 heteroatoms. The quantitative estimate of drug-likeness (QED) is 0.681. The molecular formula is C21H34N2O3. The van der Waals surface area contributed by atoms with Crippen molar-refractivity contribution < 1.29 is 14.3 Å². The van der Waals surface area contributed by atoms with Crippen LogP contribution in [0.4, 0.5) is 5.69 Å². The number of methoxy groups -OCH3 is 1. The number of ether oxygens (including phenoxy) is 2. The molecule has 1 aromatic rings. The Morgan fingerprint density at radius 3 is 2.73 bits per heavy atom. The van der Waals surface area contributed by atoms with Gasteiger partial charge in [-0.15, -0.1) is 0 Å². The normalized spacial score (nSPS) is 13.2. The lowest BCUT2D eigenvalue weighted by molar-refractivity contribution is -0.107. The van der Waals surface area contributed by atoms with Gasteiger partial charge in [-0.2, -0.15) is 0 Å². The van der Waals surface area contributed by atoms with Crippen LogP contribution in [0.3, 0.4) is 0 Å². The minimum atomic E-state index is 0.450. The molecule has 1 aromatic carbocycles. The van der Waals surface area contributed by atoms with E-state index in [1.54, 1.807) is 7.11 Å². The van der Waals surface area contributed by atoms with Crippen molar-refractivity contribution in [3.63, 3.8) is 0 Å². The molecule has 0 atom stereocenters. The maximum Gasteiger partial charge on any atom is 0.142 e. The highest BCUT2D eigenvalue weighted by Crippen LogP contribution is 2.32. The fourth-order valence-electron chi connectivity index (χ4n) is 2.65. The van der Waals surface area contributed by atoms with Crippen LogP contribution in [0, 0.1) is 0 Å². The number of hydrogen-bond donors (Lipinski definition) is 1. The largest absolute Gasteiger partial charge is 0.490 e. The standard InChI is InChI=1S/C17H24N2O2.C4H10O/c1-3-8-18-15(4-2)13-19-9-11-21-17-6-5-14(7-10-20)12-16(17)19;1-3-4-5-2/h4-6,10,12,18H,3,7-9,11,13H2,1-2H3;3-4H2,1-2H3/b15-4-;. The molecule has 0 saturated heterocycles. The summed E-state index contributed by atoms with van der Waals surface area (Å²) in [6.07, 6.45) is 5.75. The van der Waals surface area contributed by atoms with E-state index in [0.29, 0.717) is 13.0 Å². The summed E-state index contributed by atoms with van der Waals surface area (Å²) < 4.78 is 10.4. The Labute approximate surface area is 158 Å². The minimum Gasteiger partial charge on any atom is -0.490 e. The second-order valence-electron chi connectivity index (χ2n) is 6.18. The van der Waals surface area contributed by atoms with Crippen LogP contribution in [0.2, 0.25) is 0 Å². The SMILES string of the molecule is C/C=C(/CN1CCOc2ccc(CC=O)cc21)NCCC.CCCOC. The van der Waals surface area contributed by atoms with E-state index in [4.69, 9.17) is 9.47 Å². The number of carbonyl (C=O) groups is 1. The van der Waals surface area contributed by atoms with Crippen LogP contribution in [-0.4, -0.2) is 46.2 Å². The lowest BCUT2D eigenvalue weighted by Gasteiger charge is -2.32. The van der Waals surface area contributed by atoms with E-state index in [-0.39, 0.29) is 0 Å². The van der Waals surface area contributed by atoms with Gasteiger partial charge in [0.2, 0.25) is 0 Å². The third-order valence-electron chi connectivity index (χ3n) is 4.02. The third-order valence-corrected chi connectivity index (χ3v) is 4.02. The first-order valence-electron chi connectivity index (χ1n) is 9.52. The topological polar surface area (TPSA) is 50.8 Å². The molecule has 2 rings (SSSR count). The first-order chi connectivity index (χ1) is 12.7. The third kappa shape index (κ3) is 7.48. The Balaban J connectivity index is 0.000000597. The number of benzene rings is 1. The highest BCUT2D eigenvalue weighted by Gasteiger charge is 2.19. The Bertz CT molecular complexity index is 556. The number of aldehydes is 1. The van der Waals surface area contributed by atoms with Gasteiger partial charge in [-0.3, -0.25) is 0 Å². The van der Waals surface area contributed by atoms with Crippen molar-refractivity contribution in [2.24, 2.45) is 0 Å². The monoisotopic (exact) mass is 362 g/mol. The van der Waals surface area contributed by atoms with E-state index in [1.807, 2.05) is 12.1 Å². The van der Waals surface area contributed by atoms with Crippen LogP contribution >= 0.6 is 0 Å². The zero-order valence-corrected chi connectivity index (χ0v) is 16.7. The molecule has 0 amide bonds. The molecule has 1 N–H and O–H groups in total.